The van der Waals surface area contributed by atoms with E-state index in [1.165, 1.54) is 12.1 Å². The molecule has 1 aliphatic rings. The number of phenolic OH excluding ortho intramolecular Hbond substituents is 1. The Morgan fingerprint density at radius 1 is 1.17 bits per heavy atom. The SMILES string of the molecule is O=C1C=C(O)C(C(O)Cc2ccc(O)cc2)=C(NP(=O)(O)O)C1. The van der Waals surface area contributed by atoms with Gasteiger partial charge in [-0.25, -0.2) is 4.57 Å². The number of nitrogens with one attached hydrogen (secondary N) is 1. The minimum absolute atomic E-state index is 0.0219. The summed E-state index contributed by atoms with van der Waals surface area (Å²) in [6.07, 6.45) is -0.733. The second-order valence-corrected chi connectivity index (χ2v) is 6.42. The van der Waals surface area contributed by atoms with Gasteiger partial charge in [-0.05, 0) is 17.7 Å². The summed E-state index contributed by atoms with van der Waals surface area (Å²) in [6, 6.07) is 5.96. The molecule has 23 heavy (non-hydrogen) atoms. The maximum absolute atomic E-state index is 11.5. The zero-order chi connectivity index (χ0) is 17.2. The molecule has 0 fully saturated rings. The molecule has 124 valence electrons. The van der Waals surface area contributed by atoms with Crippen molar-refractivity contribution in [1.29, 1.82) is 0 Å². The molecule has 0 saturated carbocycles. The number of hydrogen-bond donors (Lipinski definition) is 6. The van der Waals surface area contributed by atoms with Crippen LogP contribution in [0.1, 0.15) is 12.0 Å². The number of aromatic hydroxyl groups is 1. The molecule has 2 rings (SSSR count). The fourth-order valence-electron chi connectivity index (χ4n) is 2.31. The lowest BCUT2D eigenvalue weighted by molar-refractivity contribution is -0.114. The van der Waals surface area contributed by atoms with Crippen molar-refractivity contribution in [3.63, 3.8) is 0 Å². The number of aliphatic hydroxyl groups is 2. The summed E-state index contributed by atoms with van der Waals surface area (Å²) in [5, 5.41) is 31.3. The maximum Gasteiger partial charge on any atom is 0.427 e. The topological polar surface area (TPSA) is 147 Å². The van der Waals surface area contributed by atoms with Gasteiger partial charge < -0.3 is 25.1 Å². The van der Waals surface area contributed by atoms with Crippen molar-refractivity contribution in [2.24, 2.45) is 0 Å². The van der Waals surface area contributed by atoms with Crippen LogP contribution in [-0.2, 0) is 15.8 Å². The molecule has 1 aromatic carbocycles. The van der Waals surface area contributed by atoms with E-state index in [9.17, 15) is 24.7 Å². The predicted molar refractivity (Wildman–Crippen MR) is 80.4 cm³/mol. The third-order valence-electron chi connectivity index (χ3n) is 3.23. The number of carbonyl (C=O) groups excluding carboxylic acids is 1. The van der Waals surface area contributed by atoms with Gasteiger partial charge >= 0.3 is 7.75 Å². The Labute approximate surface area is 131 Å². The van der Waals surface area contributed by atoms with E-state index in [0.717, 1.165) is 6.08 Å². The van der Waals surface area contributed by atoms with E-state index in [4.69, 9.17) is 9.79 Å². The first-order chi connectivity index (χ1) is 10.7. The molecule has 1 aromatic rings. The molecular formula is C14H16NO7P. The summed E-state index contributed by atoms with van der Waals surface area (Å²) in [4.78, 5) is 29.5. The number of benzene rings is 1. The number of rotatable bonds is 5. The summed E-state index contributed by atoms with van der Waals surface area (Å²) in [6.45, 7) is 0. The van der Waals surface area contributed by atoms with Gasteiger partial charge in [0.15, 0.2) is 5.78 Å². The van der Waals surface area contributed by atoms with Crippen LogP contribution in [0.4, 0.5) is 0 Å². The summed E-state index contributed by atoms with van der Waals surface area (Å²) in [5.41, 5.74) is 0.277. The van der Waals surface area contributed by atoms with Crippen LogP contribution >= 0.6 is 7.75 Å². The van der Waals surface area contributed by atoms with Gasteiger partial charge in [0.05, 0.1) is 12.5 Å². The Morgan fingerprint density at radius 2 is 1.78 bits per heavy atom. The molecule has 0 bridgehead atoms. The number of phenols is 1. The lowest BCUT2D eigenvalue weighted by Gasteiger charge is -2.23. The standard InChI is InChI=1S/C14H16NO7P/c16-9-3-1-8(2-4-9)5-12(18)14-11(15-23(20,21)22)6-10(17)7-13(14)19/h1-4,7,12,16,18-19H,5-6H2,(H3,15,20,21,22). The number of allylic oxidation sites excluding steroid dienone is 2. The molecule has 8 nitrogen and oxygen atoms in total. The van der Waals surface area contributed by atoms with Crippen LogP contribution in [-0.4, -0.2) is 37.0 Å². The minimum atomic E-state index is -4.70. The van der Waals surface area contributed by atoms with Gasteiger partial charge in [0.1, 0.15) is 11.5 Å². The van der Waals surface area contributed by atoms with Crippen LogP contribution in [0.25, 0.3) is 0 Å². The largest absolute Gasteiger partial charge is 0.508 e. The van der Waals surface area contributed by atoms with Crippen molar-refractivity contribution in [3.05, 3.63) is 52.9 Å². The van der Waals surface area contributed by atoms with Gasteiger partial charge in [-0.15, -0.1) is 0 Å². The van der Waals surface area contributed by atoms with Crippen LogP contribution in [0, 0.1) is 0 Å². The number of aliphatic hydroxyl groups excluding tert-OH is 2. The summed E-state index contributed by atoms with van der Waals surface area (Å²) in [5.74, 6) is -1.03. The zero-order valence-electron chi connectivity index (χ0n) is 11.9. The van der Waals surface area contributed by atoms with E-state index in [-0.39, 0.29) is 29.9 Å². The van der Waals surface area contributed by atoms with Crippen LogP contribution in [0.5, 0.6) is 5.75 Å². The highest BCUT2D eigenvalue weighted by Crippen LogP contribution is 2.35. The Hall–Kier alpha value is -2.12. The molecular weight excluding hydrogens is 325 g/mol. The van der Waals surface area contributed by atoms with Gasteiger partial charge in [0, 0.05) is 23.8 Å². The summed E-state index contributed by atoms with van der Waals surface area (Å²) >= 11 is 0. The van der Waals surface area contributed by atoms with E-state index < -0.39 is 25.4 Å². The molecule has 0 spiro atoms. The molecule has 0 aromatic heterocycles. The molecule has 9 heteroatoms. The van der Waals surface area contributed by atoms with Gasteiger partial charge in [0.25, 0.3) is 0 Å². The van der Waals surface area contributed by atoms with E-state index in [0.29, 0.717) is 5.56 Å². The van der Waals surface area contributed by atoms with Crippen molar-refractivity contribution in [2.75, 3.05) is 0 Å². The fraction of sp³-hybridized carbons (Fsp3) is 0.214. The first-order valence-electron chi connectivity index (χ1n) is 6.62. The summed E-state index contributed by atoms with van der Waals surface area (Å²) < 4.78 is 11.1. The Kier molecular flexibility index (Phi) is 4.91. The van der Waals surface area contributed by atoms with Crippen molar-refractivity contribution in [1.82, 2.24) is 5.09 Å². The van der Waals surface area contributed by atoms with Crippen molar-refractivity contribution >= 4 is 13.5 Å². The van der Waals surface area contributed by atoms with Crippen molar-refractivity contribution < 1.29 is 34.5 Å². The summed E-state index contributed by atoms with van der Waals surface area (Å²) in [7, 11) is -4.70. The minimum Gasteiger partial charge on any atom is -0.508 e. The Morgan fingerprint density at radius 3 is 2.35 bits per heavy atom. The highest BCUT2D eigenvalue weighted by Gasteiger charge is 2.29. The Balaban J connectivity index is 2.31. The van der Waals surface area contributed by atoms with Crippen LogP contribution < -0.4 is 5.09 Å². The molecule has 1 aliphatic carbocycles. The Bertz CT molecular complexity index is 717. The van der Waals surface area contributed by atoms with Crippen LogP contribution in [0.15, 0.2) is 47.4 Å². The second-order valence-electron chi connectivity index (χ2n) is 5.11. The lowest BCUT2D eigenvalue weighted by Crippen LogP contribution is -2.26. The third kappa shape index (κ3) is 4.67. The normalized spacial score (nSPS) is 17.0. The predicted octanol–water partition coefficient (Wildman–Crippen LogP) is 0.647. The molecule has 0 aliphatic heterocycles. The second kappa shape index (κ2) is 6.55. The van der Waals surface area contributed by atoms with Gasteiger partial charge in [-0.3, -0.25) is 9.88 Å². The van der Waals surface area contributed by atoms with Crippen molar-refractivity contribution in [3.8, 4) is 5.75 Å². The smallest absolute Gasteiger partial charge is 0.427 e. The average molecular weight is 341 g/mol. The molecule has 0 heterocycles. The first-order valence-corrected chi connectivity index (χ1v) is 8.23. The van der Waals surface area contributed by atoms with Crippen LogP contribution in [0.3, 0.4) is 0 Å². The third-order valence-corrected chi connectivity index (χ3v) is 3.79. The number of ketones is 1. The van der Waals surface area contributed by atoms with E-state index in [2.05, 4.69) is 0 Å². The fourth-order valence-corrected chi connectivity index (χ4v) is 2.86. The number of hydrogen-bond acceptors (Lipinski definition) is 5. The maximum atomic E-state index is 11.5. The first kappa shape index (κ1) is 17.2. The molecule has 0 amide bonds. The zero-order valence-corrected chi connectivity index (χ0v) is 12.8. The quantitative estimate of drug-likeness (QED) is 0.428. The molecule has 6 N–H and O–H groups in total. The van der Waals surface area contributed by atoms with Gasteiger partial charge in [0.2, 0.25) is 0 Å². The van der Waals surface area contributed by atoms with Gasteiger partial charge in [-0.1, -0.05) is 12.1 Å². The number of carbonyl (C=O) groups is 1. The highest BCUT2D eigenvalue weighted by molar-refractivity contribution is 7.49. The average Bonchev–Trinajstić information content (AvgIpc) is 2.38. The monoisotopic (exact) mass is 341 g/mol. The van der Waals surface area contributed by atoms with E-state index >= 15 is 0 Å². The van der Waals surface area contributed by atoms with E-state index in [1.54, 1.807) is 12.1 Å². The molecule has 1 atom stereocenters. The molecule has 1 unspecified atom stereocenters. The van der Waals surface area contributed by atoms with E-state index in [1.807, 2.05) is 5.09 Å². The van der Waals surface area contributed by atoms with Crippen molar-refractivity contribution in [2.45, 2.75) is 18.9 Å². The van der Waals surface area contributed by atoms with Crippen LogP contribution in [0.2, 0.25) is 0 Å². The molecule has 0 radical (unpaired) electrons. The van der Waals surface area contributed by atoms with Gasteiger partial charge in [-0.2, -0.15) is 0 Å². The molecule has 0 saturated heterocycles. The lowest BCUT2D eigenvalue weighted by atomic mass is 9.93. The highest BCUT2D eigenvalue weighted by atomic mass is 31.2.